The lowest BCUT2D eigenvalue weighted by atomic mass is 10.1. The minimum absolute atomic E-state index is 0.0781. The number of hydrogen-bond donors (Lipinski definition) is 1. The number of rotatable bonds is 7. The lowest BCUT2D eigenvalue weighted by Crippen LogP contribution is -2.31. The molecule has 1 unspecified atom stereocenters. The minimum atomic E-state index is -3.95. The third kappa shape index (κ3) is 5.19. The van der Waals surface area contributed by atoms with Crippen LogP contribution >= 0.6 is 11.6 Å². The standard InChI is InChI=1S/C24H24ClN3O4S/c1-32-22-12-9-18(24(29)28-14-4-6-21(28)20-5-2-3-13-26-20)15-23(22)33(30,31)27-16-17-7-10-19(25)11-8-17/h2-3,5,7-13,15,21,27H,4,6,14,16H2,1H3. The molecule has 3 aromatic rings. The normalized spacial score (nSPS) is 16.1. The molecule has 7 nitrogen and oxygen atoms in total. The van der Waals surface area contributed by atoms with E-state index in [1.807, 2.05) is 18.2 Å². The molecule has 1 aromatic heterocycles. The molecule has 1 aliphatic rings. The van der Waals surface area contributed by atoms with Crippen molar-refractivity contribution in [3.05, 3.63) is 88.7 Å². The van der Waals surface area contributed by atoms with E-state index in [-0.39, 0.29) is 34.7 Å². The van der Waals surface area contributed by atoms with Crippen molar-refractivity contribution in [2.45, 2.75) is 30.3 Å². The van der Waals surface area contributed by atoms with Crippen LogP contribution in [0.5, 0.6) is 5.75 Å². The summed E-state index contributed by atoms with van der Waals surface area (Å²) in [4.78, 5) is 19.4. The second kappa shape index (κ2) is 9.91. The van der Waals surface area contributed by atoms with Crippen LogP contribution in [0.4, 0.5) is 0 Å². The molecule has 2 aromatic carbocycles. The lowest BCUT2D eigenvalue weighted by molar-refractivity contribution is 0.0732. The number of methoxy groups -OCH3 is 1. The monoisotopic (exact) mass is 485 g/mol. The van der Waals surface area contributed by atoms with E-state index in [2.05, 4.69) is 9.71 Å². The number of likely N-dealkylation sites (tertiary alicyclic amines) is 1. The van der Waals surface area contributed by atoms with Gasteiger partial charge in [-0.1, -0.05) is 29.8 Å². The summed E-state index contributed by atoms with van der Waals surface area (Å²) >= 11 is 5.89. The van der Waals surface area contributed by atoms with Crippen molar-refractivity contribution >= 4 is 27.5 Å². The molecule has 33 heavy (non-hydrogen) atoms. The summed E-state index contributed by atoms with van der Waals surface area (Å²) in [5.74, 6) is -0.0715. The fourth-order valence-electron chi connectivity index (χ4n) is 3.93. The Kier molecular flexibility index (Phi) is 6.97. The molecule has 1 atom stereocenters. The summed E-state index contributed by atoms with van der Waals surface area (Å²) in [6, 6.07) is 16.8. The van der Waals surface area contributed by atoms with Gasteiger partial charge in [-0.15, -0.1) is 0 Å². The molecule has 172 valence electrons. The zero-order valence-electron chi connectivity index (χ0n) is 18.1. The van der Waals surface area contributed by atoms with Crippen LogP contribution in [0.1, 0.15) is 40.5 Å². The average molecular weight is 486 g/mol. The first kappa shape index (κ1) is 23.2. The van der Waals surface area contributed by atoms with Gasteiger partial charge in [0.2, 0.25) is 10.0 Å². The highest BCUT2D eigenvalue weighted by Crippen LogP contribution is 2.33. The van der Waals surface area contributed by atoms with Crippen LogP contribution in [-0.2, 0) is 16.6 Å². The SMILES string of the molecule is COc1ccc(C(=O)N2CCCC2c2ccccn2)cc1S(=O)(=O)NCc1ccc(Cl)cc1. The van der Waals surface area contributed by atoms with Crippen LogP contribution in [0, 0.1) is 0 Å². The van der Waals surface area contributed by atoms with Crippen LogP contribution in [0.25, 0.3) is 0 Å². The molecule has 0 spiro atoms. The van der Waals surface area contributed by atoms with E-state index in [1.54, 1.807) is 41.4 Å². The molecule has 1 saturated heterocycles. The van der Waals surface area contributed by atoms with Crippen molar-refractivity contribution in [2.75, 3.05) is 13.7 Å². The van der Waals surface area contributed by atoms with E-state index >= 15 is 0 Å². The predicted octanol–water partition coefficient (Wildman–Crippen LogP) is 4.20. The molecule has 9 heteroatoms. The molecule has 2 heterocycles. The van der Waals surface area contributed by atoms with E-state index in [0.717, 1.165) is 24.1 Å². The molecule has 1 aliphatic heterocycles. The quantitative estimate of drug-likeness (QED) is 0.541. The number of nitrogens with one attached hydrogen (secondary N) is 1. The van der Waals surface area contributed by atoms with E-state index in [0.29, 0.717) is 11.6 Å². The maximum absolute atomic E-state index is 13.4. The smallest absolute Gasteiger partial charge is 0.254 e. The predicted molar refractivity (Wildman–Crippen MR) is 126 cm³/mol. The number of pyridine rings is 1. The Morgan fingerprint density at radius 1 is 1.18 bits per heavy atom. The van der Waals surface area contributed by atoms with Gasteiger partial charge < -0.3 is 9.64 Å². The van der Waals surface area contributed by atoms with Crippen LogP contribution in [0.3, 0.4) is 0 Å². The van der Waals surface area contributed by atoms with Crippen LogP contribution in [-0.4, -0.2) is 37.9 Å². The highest BCUT2D eigenvalue weighted by Gasteiger charge is 2.32. The van der Waals surface area contributed by atoms with Gasteiger partial charge in [0.25, 0.3) is 5.91 Å². The molecule has 0 bridgehead atoms. The Labute approximate surface area is 198 Å². The number of sulfonamides is 1. The first-order valence-electron chi connectivity index (χ1n) is 10.5. The number of ether oxygens (including phenoxy) is 1. The molecule has 0 aliphatic carbocycles. The number of benzene rings is 2. The van der Waals surface area contributed by atoms with Crippen LogP contribution in [0.2, 0.25) is 5.02 Å². The van der Waals surface area contributed by atoms with Crippen molar-refractivity contribution in [2.24, 2.45) is 0 Å². The summed E-state index contributed by atoms with van der Waals surface area (Å²) in [5.41, 5.74) is 1.87. The molecule has 1 N–H and O–H groups in total. The van der Waals surface area contributed by atoms with Gasteiger partial charge in [-0.25, -0.2) is 13.1 Å². The molecule has 0 saturated carbocycles. The van der Waals surface area contributed by atoms with Gasteiger partial charge in [0.1, 0.15) is 10.6 Å². The van der Waals surface area contributed by atoms with Crippen molar-refractivity contribution < 1.29 is 17.9 Å². The summed E-state index contributed by atoms with van der Waals surface area (Å²) in [7, 11) is -2.55. The molecular weight excluding hydrogens is 462 g/mol. The molecule has 4 rings (SSSR count). The average Bonchev–Trinajstić information content (AvgIpc) is 3.33. The zero-order chi connectivity index (χ0) is 23.4. The summed E-state index contributed by atoms with van der Waals surface area (Å²) < 4.78 is 34.0. The summed E-state index contributed by atoms with van der Waals surface area (Å²) in [6.45, 7) is 0.664. The number of hydrogen-bond acceptors (Lipinski definition) is 5. The maximum atomic E-state index is 13.4. The fourth-order valence-corrected chi connectivity index (χ4v) is 5.27. The van der Waals surface area contributed by atoms with Gasteiger partial charge in [0.15, 0.2) is 0 Å². The maximum Gasteiger partial charge on any atom is 0.254 e. The number of nitrogens with zero attached hydrogens (tertiary/aromatic N) is 2. The summed E-state index contributed by atoms with van der Waals surface area (Å²) in [5, 5.41) is 0.570. The van der Waals surface area contributed by atoms with E-state index in [9.17, 15) is 13.2 Å². The molecular formula is C24H24ClN3O4S. The molecule has 1 amide bonds. The third-order valence-corrected chi connectivity index (χ3v) is 7.30. The Morgan fingerprint density at radius 3 is 2.67 bits per heavy atom. The van der Waals surface area contributed by atoms with Crippen molar-refractivity contribution in [1.82, 2.24) is 14.6 Å². The largest absolute Gasteiger partial charge is 0.495 e. The fraction of sp³-hybridized carbons (Fsp3) is 0.250. The highest BCUT2D eigenvalue weighted by molar-refractivity contribution is 7.89. The Morgan fingerprint density at radius 2 is 1.97 bits per heavy atom. The lowest BCUT2D eigenvalue weighted by Gasteiger charge is -2.24. The van der Waals surface area contributed by atoms with Gasteiger partial charge in [0, 0.05) is 29.9 Å². The highest BCUT2D eigenvalue weighted by atomic mass is 35.5. The number of amides is 1. The minimum Gasteiger partial charge on any atom is -0.495 e. The third-order valence-electron chi connectivity index (χ3n) is 5.62. The van der Waals surface area contributed by atoms with E-state index in [1.165, 1.54) is 19.2 Å². The first-order chi connectivity index (χ1) is 15.9. The topological polar surface area (TPSA) is 88.6 Å². The number of carbonyl (C=O) groups is 1. The van der Waals surface area contributed by atoms with Crippen molar-refractivity contribution in [3.8, 4) is 5.75 Å². The Balaban J connectivity index is 1.59. The first-order valence-corrected chi connectivity index (χ1v) is 12.4. The molecule has 0 radical (unpaired) electrons. The van der Waals surface area contributed by atoms with E-state index < -0.39 is 10.0 Å². The Hall–Kier alpha value is -2.94. The Bertz CT molecular complexity index is 1230. The second-order valence-electron chi connectivity index (χ2n) is 7.73. The van der Waals surface area contributed by atoms with Gasteiger partial charge in [-0.3, -0.25) is 9.78 Å². The van der Waals surface area contributed by atoms with Crippen LogP contribution < -0.4 is 9.46 Å². The van der Waals surface area contributed by atoms with Gasteiger partial charge in [-0.05, 0) is 60.9 Å². The van der Waals surface area contributed by atoms with Gasteiger partial charge >= 0.3 is 0 Å². The van der Waals surface area contributed by atoms with Crippen molar-refractivity contribution in [3.63, 3.8) is 0 Å². The number of carbonyl (C=O) groups excluding carboxylic acids is 1. The summed E-state index contributed by atoms with van der Waals surface area (Å²) in [6.07, 6.45) is 3.38. The number of aromatic nitrogens is 1. The number of halogens is 1. The molecule has 1 fully saturated rings. The van der Waals surface area contributed by atoms with E-state index in [4.69, 9.17) is 16.3 Å². The zero-order valence-corrected chi connectivity index (χ0v) is 19.6. The van der Waals surface area contributed by atoms with Crippen LogP contribution in [0.15, 0.2) is 71.8 Å². The van der Waals surface area contributed by atoms with Gasteiger partial charge in [-0.2, -0.15) is 0 Å². The van der Waals surface area contributed by atoms with Gasteiger partial charge in [0.05, 0.1) is 18.8 Å². The second-order valence-corrected chi connectivity index (χ2v) is 9.90. The van der Waals surface area contributed by atoms with Crippen molar-refractivity contribution in [1.29, 1.82) is 0 Å².